The fourth-order valence-electron chi connectivity index (χ4n) is 4.69. The summed E-state index contributed by atoms with van der Waals surface area (Å²) in [6.07, 6.45) is 42.9. The Morgan fingerprint density at radius 2 is 1.02 bits per heavy atom. The summed E-state index contributed by atoms with van der Waals surface area (Å²) < 4.78 is 5.80. The van der Waals surface area contributed by atoms with E-state index in [1.807, 2.05) is 0 Å². The predicted octanol–water partition coefficient (Wildman–Crippen LogP) is 11.6. The lowest BCUT2D eigenvalue weighted by Crippen LogP contribution is -2.16. The second kappa shape index (κ2) is 32.4. The molecule has 236 valence electrons. The molecule has 0 amide bonds. The van der Waals surface area contributed by atoms with Gasteiger partial charge in [-0.1, -0.05) is 121 Å². The second-order valence-corrected chi connectivity index (χ2v) is 11.3. The van der Waals surface area contributed by atoms with Gasteiger partial charge in [-0.15, -0.1) is 0 Å². The van der Waals surface area contributed by atoms with Crippen LogP contribution in [0.3, 0.4) is 0 Å². The van der Waals surface area contributed by atoms with Gasteiger partial charge in [-0.25, -0.2) is 0 Å². The molecule has 0 heterocycles. The predicted molar refractivity (Wildman–Crippen MR) is 176 cm³/mol. The zero-order valence-corrected chi connectivity index (χ0v) is 26.8. The van der Waals surface area contributed by atoms with Crippen molar-refractivity contribution in [1.82, 2.24) is 0 Å². The third-order valence-electron chi connectivity index (χ3n) is 7.26. The van der Waals surface area contributed by atoms with E-state index in [2.05, 4.69) is 62.5 Å². The first-order valence-electron chi connectivity index (χ1n) is 17.1. The molecule has 1 N–H and O–H groups in total. The third-order valence-corrected chi connectivity index (χ3v) is 7.26. The molecule has 0 aliphatic heterocycles. The first-order chi connectivity index (χ1) is 20.1. The fourth-order valence-corrected chi connectivity index (χ4v) is 4.69. The number of carbonyl (C=O) groups is 2. The molecule has 4 nitrogen and oxygen atoms in total. The summed E-state index contributed by atoms with van der Waals surface area (Å²) >= 11 is 0. The molecule has 0 spiro atoms. The summed E-state index contributed by atoms with van der Waals surface area (Å²) in [4.78, 5) is 23.1. The highest BCUT2D eigenvalue weighted by Gasteiger charge is 2.11. The van der Waals surface area contributed by atoms with Crippen LogP contribution in [-0.2, 0) is 14.3 Å². The molecule has 0 saturated heterocycles. The van der Waals surface area contributed by atoms with Gasteiger partial charge in [-0.3, -0.25) is 9.59 Å². The summed E-state index contributed by atoms with van der Waals surface area (Å²) in [5, 5.41) is 8.77. The van der Waals surface area contributed by atoms with Gasteiger partial charge < -0.3 is 9.84 Å². The standard InChI is InChI=1S/C37H64O4/c1-3-5-7-9-10-11-12-13-14-15-16-17-18-19-20-21-22-24-30-34-37(40)41-35(31-27-23-8-6-4-2)32-28-25-26-29-33-36(38)39/h10-11,13-14,16-17,27,31,35H,3-9,12,15,18-26,28-30,32-34H2,1-2H3,(H,38,39)/b11-10-,14-13-,17-16-,31-27-. The van der Waals surface area contributed by atoms with Crippen LogP contribution in [0.5, 0.6) is 0 Å². The lowest BCUT2D eigenvalue weighted by molar-refractivity contribution is -0.147. The summed E-state index contributed by atoms with van der Waals surface area (Å²) in [7, 11) is 0. The number of carboxylic acids is 1. The first-order valence-corrected chi connectivity index (χ1v) is 17.1. The Kier molecular flexibility index (Phi) is 30.8. The number of ether oxygens (including phenoxy) is 1. The van der Waals surface area contributed by atoms with Crippen LogP contribution in [0.4, 0.5) is 0 Å². The van der Waals surface area contributed by atoms with Crippen LogP contribution >= 0.6 is 0 Å². The van der Waals surface area contributed by atoms with Gasteiger partial charge in [0.2, 0.25) is 0 Å². The van der Waals surface area contributed by atoms with Crippen LogP contribution in [0, 0.1) is 0 Å². The molecule has 0 aliphatic rings. The van der Waals surface area contributed by atoms with Crippen molar-refractivity contribution in [2.45, 2.75) is 174 Å². The zero-order valence-electron chi connectivity index (χ0n) is 26.8. The van der Waals surface area contributed by atoms with Gasteiger partial charge in [-0.2, -0.15) is 0 Å². The summed E-state index contributed by atoms with van der Waals surface area (Å²) in [6, 6.07) is 0. The van der Waals surface area contributed by atoms with E-state index in [9.17, 15) is 9.59 Å². The number of hydrogen-bond acceptors (Lipinski definition) is 3. The third kappa shape index (κ3) is 32.3. The van der Waals surface area contributed by atoms with Gasteiger partial charge in [0.1, 0.15) is 6.10 Å². The van der Waals surface area contributed by atoms with Gasteiger partial charge >= 0.3 is 11.9 Å². The molecule has 1 unspecified atom stereocenters. The van der Waals surface area contributed by atoms with E-state index in [4.69, 9.17) is 9.84 Å². The summed E-state index contributed by atoms with van der Waals surface area (Å²) in [5.41, 5.74) is 0. The maximum Gasteiger partial charge on any atom is 0.306 e. The van der Waals surface area contributed by atoms with Crippen molar-refractivity contribution in [2.24, 2.45) is 0 Å². The Hall–Kier alpha value is -2.10. The van der Waals surface area contributed by atoms with Crippen LogP contribution < -0.4 is 0 Å². The van der Waals surface area contributed by atoms with Crippen molar-refractivity contribution in [3.05, 3.63) is 48.6 Å². The molecule has 0 fully saturated rings. The van der Waals surface area contributed by atoms with Crippen molar-refractivity contribution in [3.63, 3.8) is 0 Å². The number of rotatable bonds is 30. The quantitative estimate of drug-likeness (QED) is 0.0528. The normalized spacial score (nSPS) is 12.8. The number of allylic oxidation sites excluding steroid dienone is 7. The average Bonchev–Trinajstić information content (AvgIpc) is 2.95. The fraction of sp³-hybridized carbons (Fsp3) is 0.730. The van der Waals surface area contributed by atoms with Crippen LogP contribution in [0.15, 0.2) is 48.6 Å². The number of unbranched alkanes of at least 4 members (excludes halogenated alkanes) is 15. The Morgan fingerprint density at radius 3 is 1.61 bits per heavy atom. The number of aliphatic carboxylic acids is 1. The molecular formula is C37H64O4. The van der Waals surface area contributed by atoms with Crippen LogP contribution in [0.2, 0.25) is 0 Å². The van der Waals surface area contributed by atoms with E-state index >= 15 is 0 Å². The number of carbonyl (C=O) groups excluding carboxylic acids is 1. The van der Waals surface area contributed by atoms with Gasteiger partial charge in [-0.05, 0) is 83.1 Å². The lowest BCUT2D eigenvalue weighted by Gasteiger charge is -2.15. The number of esters is 1. The highest BCUT2D eigenvalue weighted by Crippen LogP contribution is 2.15. The highest BCUT2D eigenvalue weighted by molar-refractivity contribution is 5.69. The molecule has 0 bridgehead atoms. The Balaban J connectivity index is 3.88. The van der Waals surface area contributed by atoms with Crippen LogP contribution in [-0.4, -0.2) is 23.1 Å². The van der Waals surface area contributed by atoms with Gasteiger partial charge in [0.25, 0.3) is 0 Å². The van der Waals surface area contributed by atoms with Crippen molar-refractivity contribution in [1.29, 1.82) is 0 Å². The molecule has 1 atom stereocenters. The summed E-state index contributed by atoms with van der Waals surface area (Å²) in [6.45, 7) is 4.45. The molecule has 0 aromatic heterocycles. The molecule has 41 heavy (non-hydrogen) atoms. The maximum absolute atomic E-state index is 12.4. The summed E-state index contributed by atoms with van der Waals surface area (Å²) in [5.74, 6) is -0.809. The van der Waals surface area contributed by atoms with Crippen molar-refractivity contribution in [3.8, 4) is 0 Å². The maximum atomic E-state index is 12.4. The van der Waals surface area contributed by atoms with Gasteiger partial charge in [0.15, 0.2) is 0 Å². The second-order valence-electron chi connectivity index (χ2n) is 11.3. The van der Waals surface area contributed by atoms with Crippen molar-refractivity contribution < 1.29 is 19.4 Å². The Morgan fingerprint density at radius 1 is 0.561 bits per heavy atom. The molecule has 0 radical (unpaired) electrons. The van der Waals surface area contributed by atoms with E-state index in [1.54, 1.807) is 0 Å². The molecular weight excluding hydrogens is 508 g/mol. The number of hydrogen-bond donors (Lipinski definition) is 1. The molecule has 4 heteroatoms. The van der Waals surface area contributed by atoms with E-state index in [1.165, 1.54) is 70.6 Å². The zero-order chi connectivity index (χ0) is 30.1. The average molecular weight is 573 g/mol. The van der Waals surface area contributed by atoms with Gasteiger partial charge in [0.05, 0.1) is 0 Å². The van der Waals surface area contributed by atoms with Crippen LogP contribution in [0.1, 0.15) is 168 Å². The minimum atomic E-state index is -0.727. The minimum Gasteiger partial charge on any atom is -0.481 e. The Labute approximate surface area is 253 Å². The largest absolute Gasteiger partial charge is 0.481 e. The topological polar surface area (TPSA) is 63.6 Å². The number of carboxylic acid groups (broad SMARTS) is 1. The Bertz CT molecular complexity index is 704. The van der Waals surface area contributed by atoms with Crippen LogP contribution in [0.25, 0.3) is 0 Å². The minimum absolute atomic E-state index is 0.0822. The monoisotopic (exact) mass is 572 g/mol. The van der Waals surface area contributed by atoms with Gasteiger partial charge in [0, 0.05) is 12.8 Å². The molecule has 0 aliphatic carbocycles. The van der Waals surface area contributed by atoms with Crippen molar-refractivity contribution in [2.75, 3.05) is 0 Å². The molecule has 0 aromatic carbocycles. The first kappa shape index (κ1) is 38.9. The molecule has 0 aromatic rings. The van der Waals surface area contributed by atoms with E-state index < -0.39 is 5.97 Å². The van der Waals surface area contributed by atoms with E-state index in [-0.39, 0.29) is 18.5 Å². The SMILES string of the molecule is CCCCC/C=C\C/C=C\C/C=C\CCCCCCCCC(=O)OC(/C=C\CCCCC)CCCCCCC(=O)O. The smallest absolute Gasteiger partial charge is 0.306 e. The van der Waals surface area contributed by atoms with E-state index in [0.29, 0.717) is 6.42 Å². The van der Waals surface area contributed by atoms with E-state index in [0.717, 1.165) is 70.6 Å². The molecule has 0 saturated carbocycles. The van der Waals surface area contributed by atoms with Crippen molar-refractivity contribution >= 4 is 11.9 Å². The lowest BCUT2D eigenvalue weighted by atomic mass is 10.1. The molecule has 0 rings (SSSR count). The highest BCUT2D eigenvalue weighted by atomic mass is 16.5.